The molecule has 0 atom stereocenters. The Balaban J connectivity index is 0.00000302. The molecule has 1 aromatic rings. The molecule has 0 aliphatic rings. The standard InChI is InChI=1S/C19H32O9S.C2H6O/c1-18-2-4-19(5-3-18)29(21,22)28-17-16-27-15-14-26-13-12-25-11-10-24-9-8-23-7-6-20;1-3-2/h2-5,20H,6-17H2,1H3;1-2H3. The van der Waals surface area contributed by atoms with Gasteiger partial charge in [0, 0.05) is 14.2 Å². The van der Waals surface area contributed by atoms with Crippen LogP contribution in [0.5, 0.6) is 0 Å². The molecular formula is C21H38O10S. The highest BCUT2D eigenvalue weighted by Crippen LogP contribution is 2.12. The van der Waals surface area contributed by atoms with Crippen LogP contribution in [0.15, 0.2) is 29.2 Å². The van der Waals surface area contributed by atoms with Gasteiger partial charge in [-0.1, -0.05) is 17.7 Å². The summed E-state index contributed by atoms with van der Waals surface area (Å²) in [7, 11) is -0.503. The van der Waals surface area contributed by atoms with Gasteiger partial charge in [-0.3, -0.25) is 4.18 Å². The molecule has 0 saturated carbocycles. The highest BCUT2D eigenvalue weighted by atomic mass is 32.2. The fourth-order valence-corrected chi connectivity index (χ4v) is 2.91. The van der Waals surface area contributed by atoms with Gasteiger partial charge in [-0.15, -0.1) is 0 Å². The summed E-state index contributed by atoms with van der Waals surface area (Å²) >= 11 is 0. The summed E-state index contributed by atoms with van der Waals surface area (Å²) in [5.41, 5.74) is 0.978. The zero-order valence-corrected chi connectivity index (χ0v) is 20.1. The lowest BCUT2D eigenvalue weighted by atomic mass is 10.2. The van der Waals surface area contributed by atoms with Crippen LogP contribution in [-0.4, -0.2) is 107 Å². The molecule has 0 aliphatic heterocycles. The Morgan fingerprint density at radius 3 is 1.38 bits per heavy atom. The molecule has 0 aliphatic carbocycles. The monoisotopic (exact) mass is 482 g/mol. The normalized spacial score (nSPS) is 11.2. The highest BCUT2D eigenvalue weighted by molar-refractivity contribution is 7.86. The smallest absolute Gasteiger partial charge is 0.297 e. The predicted octanol–water partition coefficient (Wildman–Crippen LogP) is 1.04. The van der Waals surface area contributed by atoms with E-state index in [1.165, 1.54) is 12.1 Å². The first-order valence-electron chi connectivity index (χ1n) is 10.3. The van der Waals surface area contributed by atoms with Gasteiger partial charge in [-0.2, -0.15) is 8.42 Å². The number of hydrogen-bond acceptors (Lipinski definition) is 10. The third-order valence-corrected chi connectivity index (χ3v) is 4.83. The van der Waals surface area contributed by atoms with E-state index in [1.54, 1.807) is 26.4 Å². The molecular weight excluding hydrogens is 444 g/mol. The second-order valence-corrected chi connectivity index (χ2v) is 7.90. The number of hydrogen-bond donors (Lipinski definition) is 1. The van der Waals surface area contributed by atoms with Crippen molar-refractivity contribution in [3.8, 4) is 0 Å². The van der Waals surface area contributed by atoms with E-state index >= 15 is 0 Å². The van der Waals surface area contributed by atoms with Gasteiger partial charge in [0.25, 0.3) is 10.1 Å². The van der Waals surface area contributed by atoms with E-state index in [-0.39, 0.29) is 24.7 Å². The Bertz CT molecular complexity index is 622. The molecule has 0 unspecified atom stereocenters. The first kappa shape index (κ1) is 30.9. The van der Waals surface area contributed by atoms with Crippen molar-refractivity contribution in [2.45, 2.75) is 11.8 Å². The van der Waals surface area contributed by atoms with Crippen molar-refractivity contribution >= 4 is 10.1 Å². The van der Waals surface area contributed by atoms with Crippen LogP contribution in [0.3, 0.4) is 0 Å². The lowest BCUT2D eigenvalue weighted by molar-refractivity contribution is -0.0145. The van der Waals surface area contributed by atoms with Crippen LogP contribution in [0, 0.1) is 6.92 Å². The Morgan fingerprint density at radius 2 is 1.00 bits per heavy atom. The Hall–Kier alpha value is -1.15. The average molecular weight is 483 g/mol. The van der Waals surface area contributed by atoms with Gasteiger partial charge < -0.3 is 33.5 Å². The van der Waals surface area contributed by atoms with Crippen molar-refractivity contribution in [2.24, 2.45) is 0 Å². The molecule has 1 aromatic carbocycles. The van der Waals surface area contributed by atoms with Gasteiger partial charge in [-0.05, 0) is 19.1 Å². The van der Waals surface area contributed by atoms with Crippen molar-refractivity contribution in [2.75, 3.05) is 93.5 Å². The molecule has 0 fully saturated rings. The molecule has 0 amide bonds. The highest BCUT2D eigenvalue weighted by Gasteiger charge is 2.14. The number of benzene rings is 1. The van der Waals surface area contributed by atoms with Crippen molar-refractivity contribution in [3.05, 3.63) is 29.8 Å². The molecule has 188 valence electrons. The van der Waals surface area contributed by atoms with E-state index in [0.29, 0.717) is 59.5 Å². The third-order valence-electron chi connectivity index (χ3n) is 3.50. The largest absolute Gasteiger partial charge is 0.394 e. The first-order chi connectivity index (χ1) is 15.5. The third kappa shape index (κ3) is 18.4. The maximum atomic E-state index is 12.0. The van der Waals surface area contributed by atoms with Crippen molar-refractivity contribution in [3.63, 3.8) is 0 Å². The zero-order valence-electron chi connectivity index (χ0n) is 19.3. The molecule has 0 saturated heterocycles. The van der Waals surface area contributed by atoms with Gasteiger partial charge in [-0.25, -0.2) is 0 Å². The van der Waals surface area contributed by atoms with Crippen LogP contribution in [-0.2, 0) is 42.7 Å². The summed E-state index contributed by atoms with van der Waals surface area (Å²) in [6.45, 7) is 5.77. The van der Waals surface area contributed by atoms with Gasteiger partial charge in [0.2, 0.25) is 0 Å². The summed E-state index contributed by atoms with van der Waals surface area (Å²) < 4.78 is 59.4. The van der Waals surface area contributed by atoms with Crippen molar-refractivity contribution < 1.29 is 46.1 Å². The summed E-state index contributed by atoms with van der Waals surface area (Å²) in [5.74, 6) is 0. The number of ether oxygens (including phenoxy) is 6. The number of rotatable bonds is 19. The number of methoxy groups -OCH3 is 1. The molecule has 10 nitrogen and oxygen atoms in total. The Morgan fingerprint density at radius 1 is 0.656 bits per heavy atom. The molecule has 0 bridgehead atoms. The van der Waals surface area contributed by atoms with Gasteiger partial charge in [0.05, 0.1) is 84.2 Å². The second kappa shape index (κ2) is 21.7. The molecule has 0 radical (unpaired) electrons. The van der Waals surface area contributed by atoms with Crippen LogP contribution in [0.25, 0.3) is 0 Å². The molecule has 1 N–H and O–H groups in total. The van der Waals surface area contributed by atoms with E-state index in [0.717, 1.165) is 5.56 Å². The fraction of sp³-hybridized carbons (Fsp3) is 0.714. The minimum absolute atomic E-state index is 0.0118. The molecule has 11 heteroatoms. The van der Waals surface area contributed by atoms with E-state index in [2.05, 4.69) is 4.74 Å². The van der Waals surface area contributed by atoms with Crippen molar-refractivity contribution in [1.82, 2.24) is 0 Å². The maximum absolute atomic E-state index is 12.0. The topological polar surface area (TPSA) is 119 Å². The summed E-state index contributed by atoms with van der Waals surface area (Å²) in [6.07, 6.45) is 0. The lowest BCUT2D eigenvalue weighted by Gasteiger charge is -2.08. The minimum Gasteiger partial charge on any atom is -0.394 e. The zero-order chi connectivity index (χ0) is 23.9. The van der Waals surface area contributed by atoms with Gasteiger partial charge in [0.1, 0.15) is 0 Å². The van der Waals surface area contributed by atoms with E-state index in [4.69, 9.17) is 33.0 Å². The maximum Gasteiger partial charge on any atom is 0.297 e. The summed E-state index contributed by atoms with van der Waals surface area (Å²) in [5, 5.41) is 8.52. The molecule has 32 heavy (non-hydrogen) atoms. The number of aliphatic hydroxyl groups is 1. The van der Waals surface area contributed by atoms with E-state index in [1.807, 2.05) is 6.92 Å². The van der Waals surface area contributed by atoms with Crippen molar-refractivity contribution in [1.29, 1.82) is 0 Å². The molecule has 0 aromatic heterocycles. The lowest BCUT2D eigenvalue weighted by Crippen LogP contribution is -2.15. The van der Waals surface area contributed by atoms with E-state index < -0.39 is 10.1 Å². The SMILES string of the molecule is COC.Cc1ccc(S(=O)(=O)OCCOCCOCCOCCOCCOCCO)cc1. The summed E-state index contributed by atoms with van der Waals surface area (Å²) in [4.78, 5) is 0.131. The molecule has 0 spiro atoms. The van der Waals surface area contributed by atoms with Crippen LogP contribution < -0.4 is 0 Å². The predicted molar refractivity (Wildman–Crippen MR) is 118 cm³/mol. The fourth-order valence-electron chi connectivity index (χ4n) is 2.02. The Kier molecular flexibility index (Phi) is 20.9. The van der Waals surface area contributed by atoms with Crippen LogP contribution in [0.2, 0.25) is 0 Å². The van der Waals surface area contributed by atoms with Gasteiger partial charge >= 0.3 is 0 Å². The first-order valence-corrected chi connectivity index (χ1v) is 11.7. The van der Waals surface area contributed by atoms with Crippen LogP contribution in [0.4, 0.5) is 0 Å². The van der Waals surface area contributed by atoms with Crippen LogP contribution >= 0.6 is 0 Å². The Labute approximate surface area is 191 Å². The summed E-state index contributed by atoms with van der Waals surface area (Å²) in [6, 6.07) is 6.47. The quantitative estimate of drug-likeness (QED) is 0.226. The number of aryl methyl sites for hydroxylation is 1. The average Bonchev–Trinajstić information content (AvgIpc) is 2.77. The van der Waals surface area contributed by atoms with Gasteiger partial charge in [0.15, 0.2) is 0 Å². The molecule has 1 rings (SSSR count). The minimum atomic E-state index is -3.75. The second-order valence-electron chi connectivity index (χ2n) is 6.28. The van der Waals surface area contributed by atoms with Crippen LogP contribution in [0.1, 0.15) is 5.56 Å². The number of aliphatic hydroxyl groups excluding tert-OH is 1. The molecule has 0 heterocycles. The van der Waals surface area contributed by atoms with E-state index in [9.17, 15) is 8.42 Å².